The summed E-state index contributed by atoms with van der Waals surface area (Å²) in [7, 11) is 3.97. The van der Waals surface area contributed by atoms with Gasteiger partial charge in [0.15, 0.2) is 0 Å². The summed E-state index contributed by atoms with van der Waals surface area (Å²) in [4.78, 5) is 21.3. The molecule has 0 bridgehead atoms. The Morgan fingerprint density at radius 3 is 2.90 bits per heavy atom. The quantitative estimate of drug-likeness (QED) is 0.530. The molecule has 3 heterocycles. The Hall–Kier alpha value is -3.19. The molecule has 3 aromatic rings. The first kappa shape index (κ1) is 20.1. The Morgan fingerprint density at radius 1 is 1.23 bits per heavy atom. The molecule has 0 amide bonds. The predicted molar refractivity (Wildman–Crippen MR) is 119 cm³/mol. The highest BCUT2D eigenvalue weighted by molar-refractivity contribution is 6.00. The van der Waals surface area contributed by atoms with Gasteiger partial charge in [-0.05, 0) is 48.6 Å². The highest BCUT2D eigenvalue weighted by Gasteiger charge is 2.23. The van der Waals surface area contributed by atoms with E-state index in [9.17, 15) is 4.79 Å². The molecule has 2 aromatic heterocycles. The highest BCUT2D eigenvalue weighted by atomic mass is 16.5. The van der Waals surface area contributed by atoms with Crippen LogP contribution < -0.4 is 10.5 Å². The van der Waals surface area contributed by atoms with Gasteiger partial charge in [-0.15, -0.1) is 0 Å². The second-order valence-corrected chi connectivity index (χ2v) is 7.63. The largest absolute Gasteiger partial charge is 0.381 e. The number of aromatic nitrogens is 3. The summed E-state index contributed by atoms with van der Waals surface area (Å²) in [5.74, 6) is 1.33. The summed E-state index contributed by atoms with van der Waals surface area (Å²) in [6.45, 7) is 1.56. The van der Waals surface area contributed by atoms with E-state index < -0.39 is 0 Å². The number of anilines is 1. The van der Waals surface area contributed by atoms with Crippen molar-refractivity contribution >= 4 is 17.2 Å². The van der Waals surface area contributed by atoms with Gasteiger partial charge in [-0.2, -0.15) is 5.10 Å². The number of hydrogen-bond donors (Lipinski definition) is 1. The summed E-state index contributed by atoms with van der Waals surface area (Å²) in [5, 5.41) is 4.32. The average molecular weight is 406 g/mol. The van der Waals surface area contributed by atoms with Crippen molar-refractivity contribution < 1.29 is 4.74 Å². The number of aryl methyl sites for hydroxylation is 1. The van der Waals surface area contributed by atoms with Gasteiger partial charge in [-0.1, -0.05) is 12.1 Å². The number of nitrogens with one attached hydrogen (secondary N) is 1. The van der Waals surface area contributed by atoms with Crippen molar-refractivity contribution in [2.45, 2.75) is 19.3 Å². The minimum Gasteiger partial charge on any atom is -0.381 e. The lowest BCUT2D eigenvalue weighted by Gasteiger charge is -2.26. The van der Waals surface area contributed by atoms with Gasteiger partial charge in [0.05, 0.1) is 17.6 Å². The highest BCUT2D eigenvalue weighted by Crippen LogP contribution is 2.28. The van der Waals surface area contributed by atoms with Crippen molar-refractivity contribution in [3.63, 3.8) is 0 Å². The van der Waals surface area contributed by atoms with E-state index in [4.69, 9.17) is 9.73 Å². The van der Waals surface area contributed by atoms with E-state index in [1.807, 2.05) is 50.8 Å². The van der Waals surface area contributed by atoms with Gasteiger partial charge in [0, 0.05) is 51.7 Å². The summed E-state index contributed by atoms with van der Waals surface area (Å²) < 4.78 is 7.48. The number of pyridine rings is 1. The lowest BCUT2D eigenvalue weighted by molar-refractivity contribution is 0.143. The number of H-pyrrole nitrogens is 1. The summed E-state index contributed by atoms with van der Waals surface area (Å²) in [6, 6.07) is 11.5. The zero-order valence-electron chi connectivity index (χ0n) is 17.4. The van der Waals surface area contributed by atoms with Gasteiger partial charge in [-0.25, -0.2) is 4.99 Å². The normalized spacial score (nSPS) is 17.5. The van der Waals surface area contributed by atoms with Crippen molar-refractivity contribution in [2.24, 2.45) is 18.0 Å². The molecule has 1 aromatic carbocycles. The maximum atomic E-state index is 11.4. The summed E-state index contributed by atoms with van der Waals surface area (Å²) in [6.07, 6.45) is 8.61. The molecule has 1 unspecified atom stereocenters. The molecule has 0 aliphatic carbocycles. The molecular weight excluding hydrogens is 378 g/mol. The fourth-order valence-corrected chi connectivity index (χ4v) is 3.79. The molecule has 1 fully saturated rings. The van der Waals surface area contributed by atoms with Crippen LogP contribution >= 0.6 is 0 Å². The first-order valence-electron chi connectivity index (χ1n) is 10.3. The van der Waals surface area contributed by atoms with Crippen molar-refractivity contribution in [1.29, 1.82) is 0 Å². The topological polar surface area (TPSA) is 75.5 Å². The zero-order valence-corrected chi connectivity index (χ0v) is 17.4. The third-order valence-corrected chi connectivity index (χ3v) is 5.45. The molecule has 30 heavy (non-hydrogen) atoms. The van der Waals surface area contributed by atoms with Crippen molar-refractivity contribution in [1.82, 2.24) is 14.8 Å². The van der Waals surface area contributed by atoms with Crippen LogP contribution in [0.1, 0.15) is 19.3 Å². The predicted octanol–water partition coefficient (Wildman–Crippen LogP) is 3.76. The average Bonchev–Trinajstić information content (AvgIpc) is 3.02. The van der Waals surface area contributed by atoms with Crippen molar-refractivity contribution in [2.75, 3.05) is 25.2 Å². The summed E-state index contributed by atoms with van der Waals surface area (Å²) >= 11 is 0. The minimum absolute atomic E-state index is 0.108. The number of benzene rings is 1. The molecule has 1 atom stereocenters. The van der Waals surface area contributed by atoms with E-state index in [2.05, 4.69) is 21.0 Å². The lowest BCUT2D eigenvalue weighted by Crippen LogP contribution is -2.33. The van der Waals surface area contributed by atoms with E-state index >= 15 is 0 Å². The van der Waals surface area contributed by atoms with Gasteiger partial charge >= 0.3 is 0 Å². The second kappa shape index (κ2) is 9.09. The number of nitrogens with zero attached hydrogens (tertiary/aromatic N) is 4. The molecule has 1 aliphatic heterocycles. The van der Waals surface area contributed by atoms with Gasteiger partial charge in [0.1, 0.15) is 5.84 Å². The Balaban J connectivity index is 1.71. The fourth-order valence-electron chi connectivity index (χ4n) is 3.79. The van der Waals surface area contributed by atoms with Crippen LogP contribution in [0.25, 0.3) is 11.1 Å². The molecule has 7 nitrogen and oxygen atoms in total. The van der Waals surface area contributed by atoms with Gasteiger partial charge < -0.3 is 14.6 Å². The minimum atomic E-state index is -0.108. The first-order chi connectivity index (χ1) is 14.6. The maximum absolute atomic E-state index is 11.4. The third kappa shape index (κ3) is 4.68. The molecule has 1 aliphatic rings. The van der Waals surface area contributed by atoms with E-state index in [1.165, 1.54) is 0 Å². The van der Waals surface area contributed by atoms with Crippen LogP contribution in [0.3, 0.4) is 0 Å². The van der Waals surface area contributed by atoms with Crippen LogP contribution in [-0.4, -0.2) is 40.9 Å². The van der Waals surface area contributed by atoms with Crippen molar-refractivity contribution in [3.8, 4) is 11.1 Å². The molecule has 156 valence electrons. The van der Waals surface area contributed by atoms with Gasteiger partial charge in [-0.3, -0.25) is 9.48 Å². The smallest absolute Gasteiger partial charge is 0.247 e. The maximum Gasteiger partial charge on any atom is 0.247 e. The van der Waals surface area contributed by atoms with Gasteiger partial charge in [0.2, 0.25) is 5.56 Å². The molecule has 1 saturated heterocycles. The van der Waals surface area contributed by atoms with Crippen LogP contribution in [-0.2, 0) is 11.8 Å². The number of amidine groups is 1. The van der Waals surface area contributed by atoms with Crippen LogP contribution in [0.4, 0.5) is 11.4 Å². The Morgan fingerprint density at radius 2 is 2.13 bits per heavy atom. The molecule has 0 saturated carbocycles. The Labute approximate surface area is 176 Å². The van der Waals surface area contributed by atoms with Crippen LogP contribution in [0.5, 0.6) is 0 Å². The molecule has 7 heteroatoms. The first-order valence-corrected chi connectivity index (χ1v) is 10.3. The molecule has 0 spiro atoms. The van der Waals surface area contributed by atoms with Crippen molar-refractivity contribution in [3.05, 3.63) is 65.3 Å². The number of aromatic amines is 1. The van der Waals surface area contributed by atoms with Gasteiger partial charge in [0.25, 0.3) is 0 Å². The van der Waals surface area contributed by atoms with E-state index in [-0.39, 0.29) is 5.56 Å². The molecular formula is C23H27N5O2. The number of rotatable bonds is 4. The Kier molecular flexibility index (Phi) is 6.09. The fraction of sp³-hybridized carbons (Fsp3) is 0.348. The van der Waals surface area contributed by atoms with Crippen LogP contribution in [0.2, 0.25) is 0 Å². The number of ether oxygens (including phenoxy) is 1. The SMILES string of the molecule is CN(/C(=N\c1cccc(-c2ccc(=O)[nH]c2)c1)C1CCCOCC1)c1cnn(C)c1. The number of hydrogen-bond acceptors (Lipinski definition) is 4. The molecule has 1 N–H and O–H groups in total. The van der Waals surface area contributed by atoms with E-state index in [0.29, 0.717) is 5.92 Å². The van der Waals surface area contributed by atoms with Crippen LogP contribution in [0.15, 0.2) is 64.8 Å². The Bertz CT molecular complexity index is 1060. The van der Waals surface area contributed by atoms with E-state index in [0.717, 1.165) is 60.8 Å². The standard InChI is InChI=1S/C23H27N5O2/c1-27-16-21(15-25-27)28(2)23(17-6-4-11-30-12-10-17)26-20-7-3-5-18(13-20)19-8-9-22(29)24-14-19/h3,5,7-9,13-17H,4,6,10-12H2,1-2H3,(H,24,29)/b26-23-. The van der Waals surface area contributed by atoms with E-state index in [1.54, 1.807) is 16.9 Å². The van der Waals surface area contributed by atoms with Crippen LogP contribution in [0, 0.1) is 5.92 Å². The summed E-state index contributed by atoms with van der Waals surface area (Å²) in [5.41, 5.74) is 3.76. The lowest BCUT2D eigenvalue weighted by atomic mass is 9.98. The monoisotopic (exact) mass is 405 g/mol. The number of aliphatic imine (C=N–C) groups is 1. The zero-order chi connectivity index (χ0) is 20.9. The third-order valence-electron chi connectivity index (χ3n) is 5.45. The second-order valence-electron chi connectivity index (χ2n) is 7.63. The molecule has 4 rings (SSSR count). The molecule has 0 radical (unpaired) electrons.